The van der Waals surface area contributed by atoms with E-state index >= 15 is 0 Å². The van der Waals surface area contributed by atoms with E-state index in [9.17, 15) is 9.59 Å². The highest BCUT2D eigenvalue weighted by Gasteiger charge is 2.43. The van der Waals surface area contributed by atoms with Crippen LogP contribution in [0.2, 0.25) is 0 Å². The quantitative estimate of drug-likeness (QED) is 0.424. The minimum Gasteiger partial charge on any atom is -0.493 e. The molecule has 0 N–H and O–H groups in total. The van der Waals surface area contributed by atoms with Gasteiger partial charge in [0.25, 0.3) is 5.91 Å². The third kappa shape index (κ3) is 3.53. The molecule has 5 rings (SSSR count). The summed E-state index contributed by atoms with van der Waals surface area (Å²) in [5.74, 6) is 0.926. The van der Waals surface area contributed by atoms with Crippen molar-refractivity contribution in [1.29, 1.82) is 0 Å². The van der Waals surface area contributed by atoms with Gasteiger partial charge in [-0.3, -0.25) is 9.59 Å². The lowest BCUT2D eigenvalue weighted by atomic mass is 9.97. The first-order chi connectivity index (χ1) is 16.1. The van der Waals surface area contributed by atoms with Gasteiger partial charge in [-0.15, -0.1) is 0 Å². The van der Waals surface area contributed by atoms with E-state index in [1.54, 1.807) is 36.3 Å². The molecule has 1 amide bonds. The molecule has 0 aliphatic carbocycles. The summed E-state index contributed by atoms with van der Waals surface area (Å²) < 4.78 is 17.2. The van der Waals surface area contributed by atoms with E-state index in [1.807, 2.05) is 55.5 Å². The van der Waals surface area contributed by atoms with Crippen LogP contribution in [-0.2, 0) is 6.54 Å². The fourth-order valence-corrected chi connectivity index (χ4v) is 4.39. The van der Waals surface area contributed by atoms with E-state index in [0.29, 0.717) is 41.2 Å². The maximum atomic E-state index is 13.6. The minimum absolute atomic E-state index is 0.0903. The van der Waals surface area contributed by atoms with Gasteiger partial charge in [0.05, 0.1) is 30.7 Å². The number of methoxy groups -OCH3 is 1. The number of rotatable bonds is 6. The van der Waals surface area contributed by atoms with Crippen molar-refractivity contribution >= 4 is 16.9 Å². The molecule has 1 aliphatic rings. The summed E-state index contributed by atoms with van der Waals surface area (Å²) in [6.45, 7) is 2.73. The SMILES string of the molecule is CCOc1ccc(C2c3c(oc4ccccc4c3=O)C(=O)N2Cc2ccccc2)cc1OC. The summed E-state index contributed by atoms with van der Waals surface area (Å²) in [6.07, 6.45) is 0. The van der Waals surface area contributed by atoms with Crippen molar-refractivity contribution in [2.45, 2.75) is 19.5 Å². The molecule has 4 aromatic rings. The monoisotopic (exact) mass is 441 g/mol. The molecule has 2 heterocycles. The maximum Gasteiger partial charge on any atom is 0.291 e. The van der Waals surface area contributed by atoms with Gasteiger partial charge in [-0.2, -0.15) is 0 Å². The van der Waals surface area contributed by atoms with Crippen LogP contribution in [0.15, 0.2) is 82.0 Å². The van der Waals surface area contributed by atoms with Crippen molar-refractivity contribution in [3.8, 4) is 11.5 Å². The van der Waals surface area contributed by atoms with Crippen LogP contribution in [0.1, 0.15) is 40.2 Å². The van der Waals surface area contributed by atoms with Crippen LogP contribution >= 0.6 is 0 Å². The van der Waals surface area contributed by atoms with E-state index in [4.69, 9.17) is 13.9 Å². The van der Waals surface area contributed by atoms with Crippen LogP contribution in [0.5, 0.6) is 11.5 Å². The Balaban J connectivity index is 1.71. The Hall–Kier alpha value is -4.06. The smallest absolute Gasteiger partial charge is 0.291 e. The predicted molar refractivity (Wildman–Crippen MR) is 125 cm³/mol. The summed E-state index contributed by atoms with van der Waals surface area (Å²) in [7, 11) is 1.57. The molecule has 1 aliphatic heterocycles. The van der Waals surface area contributed by atoms with Gasteiger partial charge >= 0.3 is 0 Å². The van der Waals surface area contributed by atoms with Crippen LogP contribution in [0, 0.1) is 0 Å². The van der Waals surface area contributed by atoms with E-state index in [2.05, 4.69) is 0 Å². The van der Waals surface area contributed by atoms with Gasteiger partial charge in [-0.25, -0.2) is 0 Å². The zero-order valence-corrected chi connectivity index (χ0v) is 18.4. The van der Waals surface area contributed by atoms with Crippen LogP contribution in [0.4, 0.5) is 0 Å². The van der Waals surface area contributed by atoms with E-state index in [-0.39, 0.29) is 17.1 Å². The number of nitrogens with zero attached hydrogens (tertiary/aromatic N) is 1. The van der Waals surface area contributed by atoms with E-state index in [0.717, 1.165) is 11.1 Å². The van der Waals surface area contributed by atoms with Gasteiger partial charge < -0.3 is 18.8 Å². The van der Waals surface area contributed by atoms with Crippen LogP contribution in [0.3, 0.4) is 0 Å². The lowest BCUT2D eigenvalue weighted by Crippen LogP contribution is -2.29. The molecule has 6 nitrogen and oxygen atoms in total. The highest BCUT2D eigenvalue weighted by molar-refractivity contribution is 5.99. The Bertz CT molecular complexity index is 1390. The first-order valence-electron chi connectivity index (χ1n) is 10.8. The van der Waals surface area contributed by atoms with Crippen molar-refractivity contribution in [3.05, 3.63) is 105 Å². The standard InChI is InChI=1S/C27H23NO5/c1-3-32-21-14-13-18(15-22(21)31-2)24-23-25(29)19-11-7-8-12-20(19)33-26(23)27(30)28(24)16-17-9-5-4-6-10-17/h4-15,24H,3,16H2,1-2H3. The lowest BCUT2D eigenvalue weighted by molar-refractivity contribution is 0.0714. The lowest BCUT2D eigenvalue weighted by Gasteiger charge is -2.26. The summed E-state index contributed by atoms with van der Waals surface area (Å²) >= 11 is 0. The Labute approximate surface area is 191 Å². The molecule has 0 fully saturated rings. The van der Waals surface area contributed by atoms with Crippen molar-refractivity contribution in [3.63, 3.8) is 0 Å². The first kappa shape index (κ1) is 20.8. The molecule has 6 heteroatoms. The fourth-order valence-electron chi connectivity index (χ4n) is 4.39. The third-order valence-corrected chi connectivity index (χ3v) is 5.87. The van der Waals surface area contributed by atoms with Crippen molar-refractivity contribution in [2.24, 2.45) is 0 Å². The molecule has 33 heavy (non-hydrogen) atoms. The van der Waals surface area contributed by atoms with E-state index in [1.165, 1.54) is 0 Å². The molecule has 0 bridgehead atoms. The number of benzene rings is 3. The largest absolute Gasteiger partial charge is 0.493 e. The topological polar surface area (TPSA) is 69.0 Å². The summed E-state index contributed by atoms with van der Waals surface area (Å²) in [6, 6.07) is 21.6. The van der Waals surface area contributed by atoms with Gasteiger partial charge in [0, 0.05) is 6.54 Å². The highest BCUT2D eigenvalue weighted by Crippen LogP contribution is 2.41. The molecule has 1 atom stereocenters. The van der Waals surface area contributed by atoms with Crippen LogP contribution in [-0.4, -0.2) is 24.5 Å². The number of ether oxygens (including phenoxy) is 2. The van der Waals surface area contributed by atoms with Crippen LogP contribution in [0.25, 0.3) is 11.0 Å². The average molecular weight is 441 g/mol. The van der Waals surface area contributed by atoms with Gasteiger partial charge in [0.1, 0.15) is 5.58 Å². The Morgan fingerprint density at radius 2 is 1.70 bits per heavy atom. The van der Waals surface area contributed by atoms with Gasteiger partial charge in [0.15, 0.2) is 16.9 Å². The van der Waals surface area contributed by atoms with Crippen molar-refractivity contribution < 1.29 is 18.7 Å². The number of carbonyl (C=O) groups excluding carboxylic acids is 1. The molecule has 1 unspecified atom stereocenters. The molecule has 3 aromatic carbocycles. The number of amides is 1. The average Bonchev–Trinajstić information content (AvgIpc) is 3.12. The third-order valence-electron chi connectivity index (χ3n) is 5.87. The highest BCUT2D eigenvalue weighted by atomic mass is 16.5. The maximum absolute atomic E-state index is 13.6. The molecule has 0 spiro atoms. The number of hydrogen-bond donors (Lipinski definition) is 0. The minimum atomic E-state index is -0.613. The number of hydrogen-bond acceptors (Lipinski definition) is 5. The molecular weight excluding hydrogens is 418 g/mol. The molecule has 166 valence electrons. The second-order valence-electron chi connectivity index (χ2n) is 7.83. The van der Waals surface area contributed by atoms with E-state index < -0.39 is 6.04 Å². The normalized spacial score (nSPS) is 15.0. The van der Waals surface area contributed by atoms with Crippen molar-refractivity contribution in [2.75, 3.05) is 13.7 Å². The number of carbonyl (C=O) groups is 1. The van der Waals surface area contributed by atoms with Gasteiger partial charge in [-0.05, 0) is 42.3 Å². The predicted octanol–water partition coefficient (Wildman–Crippen LogP) is 4.95. The zero-order valence-electron chi connectivity index (χ0n) is 18.4. The Morgan fingerprint density at radius 3 is 2.45 bits per heavy atom. The second-order valence-corrected chi connectivity index (χ2v) is 7.83. The van der Waals surface area contributed by atoms with Gasteiger partial charge in [-0.1, -0.05) is 48.5 Å². The zero-order chi connectivity index (χ0) is 22.9. The number of fused-ring (bicyclic) bond motifs is 2. The van der Waals surface area contributed by atoms with Crippen molar-refractivity contribution in [1.82, 2.24) is 4.90 Å². The molecule has 0 radical (unpaired) electrons. The molecule has 0 saturated heterocycles. The number of para-hydroxylation sites is 1. The molecule has 0 saturated carbocycles. The Kier molecular flexibility index (Phi) is 5.34. The first-order valence-corrected chi connectivity index (χ1v) is 10.8. The van der Waals surface area contributed by atoms with Crippen LogP contribution < -0.4 is 14.9 Å². The second kappa shape index (κ2) is 8.47. The van der Waals surface area contributed by atoms with Gasteiger partial charge in [0.2, 0.25) is 5.76 Å². The molecular formula is C27H23NO5. The fraction of sp³-hybridized carbons (Fsp3) is 0.185. The Morgan fingerprint density at radius 1 is 0.939 bits per heavy atom. The summed E-state index contributed by atoms with van der Waals surface area (Å²) in [5.41, 5.74) is 2.26. The molecule has 1 aromatic heterocycles. The summed E-state index contributed by atoms with van der Waals surface area (Å²) in [5, 5.41) is 0.452. The summed E-state index contributed by atoms with van der Waals surface area (Å²) in [4.78, 5) is 28.8.